The van der Waals surface area contributed by atoms with Crippen molar-refractivity contribution in [1.82, 2.24) is 0 Å². The second-order valence-corrected chi connectivity index (χ2v) is 4.45. The summed E-state index contributed by atoms with van der Waals surface area (Å²) in [7, 11) is 0. The first-order valence-electron chi connectivity index (χ1n) is 4.52. The molecule has 0 amide bonds. The topological polar surface area (TPSA) is 9.23 Å². The van der Waals surface area contributed by atoms with Gasteiger partial charge >= 0.3 is 0 Å². The maximum Gasteiger partial charge on any atom is 0.139 e. The Morgan fingerprint density at radius 2 is 2.21 bits per heavy atom. The molecule has 0 aliphatic heterocycles. The Morgan fingerprint density at radius 3 is 2.93 bits per heavy atom. The highest BCUT2D eigenvalue weighted by atomic mass is 35.5. The SMILES string of the molecule is CCOc1cc2scc(C)c2cc1Cl. The highest BCUT2D eigenvalue weighted by Gasteiger charge is 2.06. The van der Waals surface area contributed by atoms with Gasteiger partial charge in [-0.05, 0) is 42.3 Å². The molecule has 0 spiro atoms. The number of rotatable bonds is 2. The van der Waals surface area contributed by atoms with Crippen LogP contribution in [0, 0.1) is 6.92 Å². The van der Waals surface area contributed by atoms with E-state index in [0.29, 0.717) is 11.6 Å². The number of halogens is 1. The van der Waals surface area contributed by atoms with Gasteiger partial charge in [0, 0.05) is 4.70 Å². The van der Waals surface area contributed by atoms with Gasteiger partial charge in [-0.25, -0.2) is 0 Å². The van der Waals surface area contributed by atoms with E-state index >= 15 is 0 Å². The Kier molecular flexibility index (Phi) is 2.66. The molecule has 1 heterocycles. The summed E-state index contributed by atoms with van der Waals surface area (Å²) < 4.78 is 6.66. The van der Waals surface area contributed by atoms with Crippen LogP contribution in [0.25, 0.3) is 10.1 Å². The molecular formula is C11H11ClOS. The largest absolute Gasteiger partial charge is 0.492 e. The highest BCUT2D eigenvalue weighted by molar-refractivity contribution is 7.17. The molecule has 0 saturated heterocycles. The predicted octanol–water partition coefficient (Wildman–Crippen LogP) is 4.26. The zero-order valence-corrected chi connectivity index (χ0v) is 9.71. The molecule has 74 valence electrons. The molecule has 1 nitrogen and oxygen atoms in total. The summed E-state index contributed by atoms with van der Waals surface area (Å²) in [4.78, 5) is 0. The van der Waals surface area contributed by atoms with Gasteiger partial charge in [0.1, 0.15) is 5.75 Å². The molecule has 0 aliphatic carbocycles. The van der Waals surface area contributed by atoms with Crippen LogP contribution in [0.5, 0.6) is 5.75 Å². The third-order valence-corrected chi connectivity index (χ3v) is 3.48. The van der Waals surface area contributed by atoms with Gasteiger partial charge in [-0.15, -0.1) is 11.3 Å². The maximum atomic E-state index is 6.09. The van der Waals surface area contributed by atoms with Crippen molar-refractivity contribution in [3.05, 3.63) is 28.1 Å². The molecule has 1 aromatic heterocycles. The average molecular weight is 227 g/mol. The number of aryl methyl sites for hydroxylation is 1. The number of hydrogen-bond acceptors (Lipinski definition) is 2. The maximum absolute atomic E-state index is 6.09. The minimum Gasteiger partial charge on any atom is -0.492 e. The van der Waals surface area contributed by atoms with Crippen LogP contribution >= 0.6 is 22.9 Å². The van der Waals surface area contributed by atoms with Crippen LogP contribution < -0.4 is 4.74 Å². The Balaban J connectivity index is 2.60. The average Bonchev–Trinajstić information content (AvgIpc) is 2.50. The van der Waals surface area contributed by atoms with Gasteiger partial charge in [0.05, 0.1) is 11.6 Å². The Hall–Kier alpha value is -0.730. The van der Waals surface area contributed by atoms with Gasteiger partial charge in [-0.2, -0.15) is 0 Å². The molecule has 0 unspecified atom stereocenters. The Labute approximate surface area is 92.3 Å². The van der Waals surface area contributed by atoms with Crippen molar-refractivity contribution in [2.24, 2.45) is 0 Å². The summed E-state index contributed by atoms with van der Waals surface area (Å²) in [6, 6.07) is 3.99. The van der Waals surface area contributed by atoms with Crippen LogP contribution in [-0.2, 0) is 0 Å². The van der Waals surface area contributed by atoms with Crippen molar-refractivity contribution in [2.75, 3.05) is 6.61 Å². The first kappa shape index (κ1) is 9.81. The monoisotopic (exact) mass is 226 g/mol. The van der Waals surface area contributed by atoms with Crippen LogP contribution in [-0.4, -0.2) is 6.61 Å². The lowest BCUT2D eigenvalue weighted by Crippen LogP contribution is -1.91. The number of thiophene rings is 1. The number of ether oxygens (including phenoxy) is 1. The van der Waals surface area contributed by atoms with E-state index in [1.54, 1.807) is 11.3 Å². The third kappa shape index (κ3) is 1.60. The molecule has 14 heavy (non-hydrogen) atoms. The minimum atomic E-state index is 0.648. The van der Waals surface area contributed by atoms with Crippen molar-refractivity contribution in [3.8, 4) is 5.75 Å². The van der Waals surface area contributed by atoms with Crippen LogP contribution in [0.1, 0.15) is 12.5 Å². The zero-order valence-electron chi connectivity index (χ0n) is 8.13. The number of fused-ring (bicyclic) bond motifs is 1. The smallest absolute Gasteiger partial charge is 0.139 e. The molecule has 0 bridgehead atoms. The molecule has 2 aromatic rings. The van der Waals surface area contributed by atoms with Crippen molar-refractivity contribution >= 4 is 33.0 Å². The minimum absolute atomic E-state index is 0.648. The predicted molar refractivity (Wildman–Crippen MR) is 62.7 cm³/mol. The van der Waals surface area contributed by atoms with Crippen LogP contribution in [0.4, 0.5) is 0 Å². The van der Waals surface area contributed by atoms with Crippen LogP contribution in [0.3, 0.4) is 0 Å². The van der Waals surface area contributed by atoms with Crippen molar-refractivity contribution in [2.45, 2.75) is 13.8 Å². The summed E-state index contributed by atoms with van der Waals surface area (Å²) in [6.45, 7) is 4.70. The number of benzene rings is 1. The van der Waals surface area contributed by atoms with Crippen LogP contribution in [0.2, 0.25) is 5.02 Å². The zero-order chi connectivity index (χ0) is 10.1. The van der Waals surface area contributed by atoms with E-state index < -0.39 is 0 Å². The van der Waals surface area contributed by atoms with E-state index in [-0.39, 0.29) is 0 Å². The van der Waals surface area contributed by atoms with Gasteiger partial charge in [-0.3, -0.25) is 0 Å². The lowest BCUT2D eigenvalue weighted by atomic mass is 10.2. The second kappa shape index (κ2) is 3.79. The van der Waals surface area contributed by atoms with E-state index in [1.807, 2.05) is 19.1 Å². The van der Waals surface area contributed by atoms with E-state index in [2.05, 4.69) is 12.3 Å². The standard InChI is InChI=1S/C11H11ClOS/c1-3-13-10-5-11-8(4-9(10)12)7(2)6-14-11/h4-6H,3H2,1-2H3. The van der Waals surface area contributed by atoms with E-state index in [4.69, 9.17) is 16.3 Å². The fraction of sp³-hybridized carbons (Fsp3) is 0.273. The van der Waals surface area contributed by atoms with Crippen molar-refractivity contribution in [1.29, 1.82) is 0 Å². The molecule has 3 heteroatoms. The molecule has 0 radical (unpaired) electrons. The summed E-state index contributed by atoms with van der Waals surface area (Å²) >= 11 is 7.81. The fourth-order valence-corrected chi connectivity index (χ4v) is 2.59. The fourth-order valence-electron chi connectivity index (χ4n) is 1.42. The molecule has 0 aliphatic rings. The quantitative estimate of drug-likeness (QED) is 0.744. The molecule has 0 N–H and O–H groups in total. The Morgan fingerprint density at radius 1 is 1.43 bits per heavy atom. The summed E-state index contributed by atoms with van der Waals surface area (Å²) in [5, 5.41) is 4.06. The Bertz CT molecular complexity index is 462. The lowest BCUT2D eigenvalue weighted by Gasteiger charge is -2.05. The summed E-state index contributed by atoms with van der Waals surface area (Å²) in [5.41, 5.74) is 1.27. The molecular weight excluding hydrogens is 216 g/mol. The summed E-state index contributed by atoms with van der Waals surface area (Å²) in [6.07, 6.45) is 0. The summed E-state index contributed by atoms with van der Waals surface area (Å²) in [5.74, 6) is 0.781. The van der Waals surface area contributed by atoms with Gasteiger partial charge in [0.15, 0.2) is 0 Å². The van der Waals surface area contributed by atoms with E-state index in [0.717, 1.165) is 5.75 Å². The first-order chi connectivity index (χ1) is 6.72. The lowest BCUT2D eigenvalue weighted by molar-refractivity contribution is 0.341. The molecule has 2 rings (SSSR count). The number of hydrogen-bond donors (Lipinski definition) is 0. The molecule has 1 aromatic carbocycles. The van der Waals surface area contributed by atoms with Crippen LogP contribution in [0.15, 0.2) is 17.5 Å². The third-order valence-electron chi connectivity index (χ3n) is 2.12. The van der Waals surface area contributed by atoms with Gasteiger partial charge < -0.3 is 4.74 Å². The van der Waals surface area contributed by atoms with E-state index in [1.165, 1.54) is 15.6 Å². The second-order valence-electron chi connectivity index (χ2n) is 3.13. The normalized spacial score (nSPS) is 10.8. The van der Waals surface area contributed by atoms with Crippen molar-refractivity contribution < 1.29 is 4.74 Å². The molecule has 0 fully saturated rings. The van der Waals surface area contributed by atoms with Gasteiger partial charge in [0.25, 0.3) is 0 Å². The van der Waals surface area contributed by atoms with Gasteiger partial charge in [-0.1, -0.05) is 11.6 Å². The highest BCUT2D eigenvalue weighted by Crippen LogP contribution is 2.34. The molecule has 0 saturated carbocycles. The van der Waals surface area contributed by atoms with E-state index in [9.17, 15) is 0 Å². The first-order valence-corrected chi connectivity index (χ1v) is 5.78. The molecule has 0 atom stereocenters. The van der Waals surface area contributed by atoms with Gasteiger partial charge in [0.2, 0.25) is 0 Å². The van der Waals surface area contributed by atoms with Crippen molar-refractivity contribution in [3.63, 3.8) is 0 Å².